The number of hydrogen-bond donors (Lipinski definition) is 2. The second-order valence-corrected chi connectivity index (χ2v) is 7.83. The molecule has 6 heteroatoms. The Kier molecular flexibility index (Phi) is 5.97. The van der Waals surface area contributed by atoms with Gasteiger partial charge in [0, 0.05) is 43.6 Å². The minimum absolute atomic E-state index is 0. The van der Waals surface area contributed by atoms with Gasteiger partial charge in [0.1, 0.15) is 0 Å². The number of nitrogens with one attached hydrogen (secondary N) is 2. The first-order valence-electron chi connectivity index (χ1n) is 9.61. The summed E-state index contributed by atoms with van der Waals surface area (Å²) in [6.45, 7) is 6.64. The number of nitrogens with zero attached hydrogens (tertiary/aromatic N) is 2. The monoisotopic (exact) mass is 448 g/mol. The number of halogens is 1. The highest BCUT2D eigenvalue weighted by molar-refractivity contribution is 14.0. The minimum atomic E-state index is 0. The van der Waals surface area contributed by atoms with Crippen molar-refractivity contribution in [3.8, 4) is 0 Å². The lowest BCUT2D eigenvalue weighted by Crippen LogP contribution is -2.72. The summed E-state index contributed by atoms with van der Waals surface area (Å²) >= 11 is 0. The Bertz CT molecular complexity index is 468. The molecule has 138 valence electrons. The molecule has 2 saturated carbocycles. The third-order valence-electron chi connectivity index (χ3n) is 6.96. The van der Waals surface area contributed by atoms with Gasteiger partial charge in [0.05, 0.1) is 6.10 Å². The fourth-order valence-corrected chi connectivity index (χ4v) is 5.55. The van der Waals surface area contributed by atoms with E-state index in [2.05, 4.69) is 27.4 Å². The van der Waals surface area contributed by atoms with Gasteiger partial charge >= 0.3 is 0 Å². The van der Waals surface area contributed by atoms with Gasteiger partial charge in [0.25, 0.3) is 0 Å². The van der Waals surface area contributed by atoms with Gasteiger partial charge in [0.15, 0.2) is 5.96 Å². The molecule has 2 heterocycles. The van der Waals surface area contributed by atoms with E-state index in [4.69, 9.17) is 4.74 Å². The summed E-state index contributed by atoms with van der Waals surface area (Å²) in [5.74, 6) is 1.70. The van der Waals surface area contributed by atoms with E-state index in [0.717, 1.165) is 25.7 Å². The molecule has 0 amide bonds. The molecule has 2 saturated heterocycles. The minimum Gasteiger partial charge on any atom is -0.377 e. The molecule has 0 radical (unpaired) electrons. The van der Waals surface area contributed by atoms with Crippen LogP contribution in [0.5, 0.6) is 0 Å². The smallest absolute Gasteiger partial charge is 0.191 e. The van der Waals surface area contributed by atoms with E-state index in [1.807, 2.05) is 7.05 Å². The van der Waals surface area contributed by atoms with Crippen LogP contribution in [0.1, 0.15) is 45.4 Å². The number of likely N-dealkylation sites (tertiary alicyclic amines) is 1. The molecule has 0 aromatic heterocycles. The van der Waals surface area contributed by atoms with Gasteiger partial charge in [-0.1, -0.05) is 13.3 Å². The second kappa shape index (κ2) is 7.66. The third-order valence-corrected chi connectivity index (χ3v) is 6.96. The largest absolute Gasteiger partial charge is 0.377 e. The van der Waals surface area contributed by atoms with Crippen molar-refractivity contribution in [2.24, 2.45) is 16.3 Å². The zero-order valence-corrected chi connectivity index (χ0v) is 17.4. The molecule has 2 N–H and O–H groups in total. The van der Waals surface area contributed by atoms with Gasteiger partial charge in [-0.3, -0.25) is 9.89 Å². The number of fused-ring (bicyclic) bond motifs is 2. The summed E-state index contributed by atoms with van der Waals surface area (Å²) in [4.78, 5) is 7.08. The predicted octanol–water partition coefficient (Wildman–Crippen LogP) is 2.21. The lowest BCUT2D eigenvalue weighted by atomic mass is 9.46. The van der Waals surface area contributed by atoms with Gasteiger partial charge < -0.3 is 15.4 Å². The molecule has 24 heavy (non-hydrogen) atoms. The summed E-state index contributed by atoms with van der Waals surface area (Å²) in [5.41, 5.74) is 0.418. The van der Waals surface area contributed by atoms with Gasteiger partial charge in [-0.05, 0) is 45.2 Å². The third kappa shape index (κ3) is 2.96. The summed E-state index contributed by atoms with van der Waals surface area (Å²) in [6, 6.07) is 1.24. The Morgan fingerprint density at radius 1 is 1.29 bits per heavy atom. The molecule has 1 spiro atoms. The highest BCUT2D eigenvalue weighted by Crippen LogP contribution is 2.62. The van der Waals surface area contributed by atoms with Crippen LogP contribution in [-0.2, 0) is 4.74 Å². The van der Waals surface area contributed by atoms with Crippen molar-refractivity contribution in [1.29, 1.82) is 0 Å². The summed E-state index contributed by atoms with van der Waals surface area (Å²) in [6.07, 6.45) is 8.40. The van der Waals surface area contributed by atoms with Crippen LogP contribution < -0.4 is 10.6 Å². The van der Waals surface area contributed by atoms with Gasteiger partial charge in [-0.15, -0.1) is 24.0 Å². The van der Waals surface area contributed by atoms with E-state index in [1.54, 1.807) is 0 Å². The number of rotatable bonds is 4. The normalized spacial score (nSPS) is 37.3. The molecule has 4 aliphatic rings. The second-order valence-electron chi connectivity index (χ2n) is 7.83. The summed E-state index contributed by atoms with van der Waals surface area (Å²) < 4.78 is 6.02. The molecule has 0 aromatic carbocycles. The van der Waals surface area contributed by atoms with Crippen LogP contribution >= 0.6 is 24.0 Å². The van der Waals surface area contributed by atoms with Crippen LogP contribution in [0.25, 0.3) is 0 Å². The molecular formula is C18H33IN4O. The first kappa shape index (κ1) is 18.7. The molecule has 2 aliphatic carbocycles. The standard InChI is InChI=1S/C18H32N4O.HI/c1-3-22-10-4-6-13(22)12-20-17(19-2)21-15-14-7-11-23-16(14)18(15)8-5-9-18;/h13-16H,3-12H2,1-2H3,(H2,19,20,21);1H. The maximum atomic E-state index is 6.02. The molecule has 4 fully saturated rings. The molecule has 0 bridgehead atoms. The first-order chi connectivity index (χ1) is 11.3. The van der Waals surface area contributed by atoms with Crippen molar-refractivity contribution in [1.82, 2.24) is 15.5 Å². The average molecular weight is 448 g/mol. The van der Waals surface area contributed by atoms with Crippen molar-refractivity contribution in [2.75, 3.05) is 33.3 Å². The maximum Gasteiger partial charge on any atom is 0.191 e. The lowest BCUT2D eigenvalue weighted by Gasteiger charge is -2.63. The summed E-state index contributed by atoms with van der Waals surface area (Å²) in [7, 11) is 1.90. The zero-order chi connectivity index (χ0) is 15.9. The van der Waals surface area contributed by atoms with Crippen molar-refractivity contribution < 1.29 is 4.74 Å². The topological polar surface area (TPSA) is 48.9 Å². The molecule has 5 nitrogen and oxygen atoms in total. The molecular weight excluding hydrogens is 415 g/mol. The quantitative estimate of drug-likeness (QED) is 0.394. The molecule has 4 unspecified atom stereocenters. The SMILES string of the molecule is CCN1CCCC1CNC(=NC)NC1C2CCOC2C12CCC2.I. The fourth-order valence-electron chi connectivity index (χ4n) is 5.55. The van der Waals surface area contributed by atoms with Crippen LogP contribution in [0.2, 0.25) is 0 Å². The fraction of sp³-hybridized carbons (Fsp3) is 0.944. The Morgan fingerprint density at radius 3 is 2.79 bits per heavy atom. The summed E-state index contributed by atoms with van der Waals surface area (Å²) in [5, 5.41) is 7.36. The lowest BCUT2D eigenvalue weighted by molar-refractivity contribution is -0.171. The average Bonchev–Trinajstić information content (AvgIpc) is 3.13. The van der Waals surface area contributed by atoms with E-state index >= 15 is 0 Å². The van der Waals surface area contributed by atoms with Crippen molar-refractivity contribution in [2.45, 2.75) is 63.6 Å². The first-order valence-corrected chi connectivity index (χ1v) is 9.61. The van der Waals surface area contributed by atoms with E-state index in [-0.39, 0.29) is 24.0 Å². The maximum absolute atomic E-state index is 6.02. The van der Waals surface area contributed by atoms with E-state index in [0.29, 0.717) is 29.5 Å². The highest BCUT2D eigenvalue weighted by Gasteiger charge is 2.66. The van der Waals surface area contributed by atoms with Crippen molar-refractivity contribution in [3.63, 3.8) is 0 Å². The van der Waals surface area contributed by atoms with Crippen LogP contribution in [0.3, 0.4) is 0 Å². The molecule has 0 aromatic rings. The molecule has 2 aliphatic heterocycles. The Labute approximate surface area is 163 Å². The predicted molar refractivity (Wildman–Crippen MR) is 108 cm³/mol. The van der Waals surface area contributed by atoms with Crippen molar-refractivity contribution in [3.05, 3.63) is 0 Å². The highest BCUT2D eigenvalue weighted by atomic mass is 127. The van der Waals surface area contributed by atoms with Gasteiger partial charge in [0.2, 0.25) is 0 Å². The Balaban J connectivity index is 0.00000169. The van der Waals surface area contributed by atoms with E-state index in [9.17, 15) is 0 Å². The number of likely N-dealkylation sites (N-methyl/N-ethyl adjacent to an activating group) is 1. The van der Waals surface area contributed by atoms with Crippen LogP contribution in [0, 0.1) is 11.3 Å². The Hall–Kier alpha value is -0.0800. The molecule has 4 rings (SSSR count). The Morgan fingerprint density at radius 2 is 2.12 bits per heavy atom. The zero-order valence-electron chi connectivity index (χ0n) is 15.1. The number of aliphatic imine (C=N–C) groups is 1. The van der Waals surface area contributed by atoms with Crippen molar-refractivity contribution >= 4 is 29.9 Å². The van der Waals surface area contributed by atoms with E-state index in [1.165, 1.54) is 45.1 Å². The van der Waals surface area contributed by atoms with Crippen LogP contribution in [0.4, 0.5) is 0 Å². The number of hydrogen-bond acceptors (Lipinski definition) is 3. The van der Waals surface area contributed by atoms with Crippen LogP contribution in [-0.4, -0.2) is 62.3 Å². The number of ether oxygens (including phenoxy) is 1. The number of guanidine groups is 1. The van der Waals surface area contributed by atoms with Gasteiger partial charge in [-0.25, -0.2) is 0 Å². The van der Waals surface area contributed by atoms with E-state index < -0.39 is 0 Å². The van der Waals surface area contributed by atoms with Crippen LogP contribution in [0.15, 0.2) is 4.99 Å². The molecule has 4 atom stereocenters. The van der Waals surface area contributed by atoms with Gasteiger partial charge in [-0.2, -0.15) is 0 Å².